The molecular weight excluding hydrogens is 339 g/mol. The maximum Gasteiger partial charge on any atom is 0.251 e. The molecule has 0 aliphatic heterocycles. The minimum atomic E-state index is -0.175. The minimum absolute atomic E-state index is 0.0108. The van der Waals surface area contributed by atoms with Crippen molar-refractivity contribution in [2.24, 2.45) is 5.92 Å². The molecule has 2 aromatic rings. The van der Waals surface area contributed by atoms with E-state index in [0.717, 1.165) is 30.6 Å². The molecule has 0 atom stereocenters. The Hall–Kier alpha value is -2.20. The van der Waals surface area contributed by atoms with E-state index in [-0.39, 0.29) is 11.7 Å². The van der Waals surface area contributed by atoms with Gasteiger partial charge in [-0.15, -0.1) is 0 Å². The average molecular weight is 368 g/mol. The summed E-state index contributed by atoms with van der Waals surface area (Å²) in [7, 11) is 0. The van der Waals surface area contributed by atoms with Crippen LogP contribution < -0.4 is 5.32 Å². The number of hydrogen-bond acceptors (Lipinski definition) is 2. The summed E-state index contributed by atoms with van der Waals surface area (Å²) < 4.78 is 13.4. The number of carbonyl (C=O) groups excluding carboxylic acids is 1. The molecule has 144 valence electrons. The van der Waals surface area contributed by atoms with Crippen molar-refractivity contribution >= 4 is 5.91 Å². The second-order valence-electron chi connectivity index (χ2n) is 7.89. The summed E-state index contributed by atoms with van der Waals surface area (Å²) in [4.78, 5) is 14.8. The number of hydrogen-bond donors (Lipinski definition) is 1. The van der Waals surface area contributed by atoms with Gasteiger partial charge in [-0.3, -0.25) is 9.69 Å². The fraction of sp³-hybridized carbons (Fsp3) is 0.435. The third-order valence-electron chi connectivity index (χ3n) is 4.89. The Kier molecular flexibility index (Phi) is 6.62. The average Bonchev–Trinajstić information content (AvgIpc) is 3.48. The van der Waals surface area contributed by atoms with Crippen molar-refractivity contribution in [3.63, 3.8) is 0 Å². The van der Waals surface area contributed by atoms with Crippen molar-refractivity contribution in [1.29, 1.82) is 0 Å². The van der Waals surface area contributed by atoms with E-state index in [2.05, 4.69) is 30.1 Å². The molecular formula is C23H29FN2O. The van der Waals surface area contributed by atoms with Gasteiger partial charge in [0.05, 0.1) is 0 Å². The number of benzene rings is 2. The molecule has 1 saturated carbocycles. The van der Waals surface area contributed by atoms with Gasteiger partial charge in [0.25, 0.3) is 5.91 Å². The molecule has 1 amide bonds. The Morgan fingerprint density at radius 3 is 2.59 bits per heavy atom. The Balaban J connectivity index is 1.61. The van der Waals surface area contributed by atoms with Crippen LogP contribution >= 0.6 is 0 Å². The molecule has 1 N–H and O–H groups in total. The van der Waals surface area contributed by atoms with Crippen LogP contribution in [0.3, 0.4) is 0 Å². The molecule has 3 rings (SSSR count). The van der Waals surface area contributed by atoms with Gasteiger partial charge < -0.3 is 5.32 Å². The standard InChI is InChI=1S/C23H29FN2O/c1-17(2)15-25-23(27)20-7-3-6-19(13-20)16-26(22-9-10-22)12-11-18-5-4-8-21(24)14-18/h3-8,13-14,17,22H,9-12,15-16H2,1-2H3,(H,25,27). The molecule has 0 radical (unpaired) electrons. The summed E-state index contributed by atoms with van der Waals surface area (Å²) in [6, 6.07) is 15.4. The van der Waals surface area contributed by atoms with Crippen LogP contribution in [0.15, 0.2) is 48.5 Å². The number of halogens is 1. The number of rotatable bonds is 9. The van der Waals surface area contributed by atoms with Crippen molar-refractivity contribution in [3.05, 3.63) is 71.0 Å². The first-order valence-electron chi connectivity index (χ1n) is 9.87. The first kappa shape index (κ1) is 19.6. The third kappa shape index (κ3) is 6.17. The van der Waals surface area contributed by atoms with E-state index in [9.17, 15) is 9.18 Å². The molecule has 4 heteroatoms. The lowest BCUT2D eigenvalue weighted by molar-refractivity contribution is 0.0949. The highest BCUT2D eigenvalue weighted by Crippen LogP contribution is 2.28. The molecule has 0 heterocycles. The second kappa shape index (κ2) is 9.14. The summed E-state index contributed by atoms with van der Waals surface area (Å²) in [6.07, 6.45) is 3.28. The fourth-order valence-electron chi connectivity index (χ4n) is 3.24. The molecule has 0 saturated heterocycles. The van der Waals surface area contributed by atoms with E-state index in [1.165, 1.54) is 18.9 Å². The van der Waals surface area contributed by atoms with Gasteiger partial charge in [-0.1, -0.05) is 38.1 Å². The normalized spacial score (nSPS) is 14.0. The number of carbonyl (C=O) groups is 1. The van der Waals surface area contributed by atoms with Gasteiger partial charge >= 0.3 is 0 Å². The highest BCUT2D eigenvalue weighted by molar-refractivity contribution is 5.94. The van der Waals surface area contributed by atoms with Gasteiger partial charge in [0, 0.05) is 31.2 Å². The summed E-state index contributed by atoms with van der Waals surface area (Å²) in [5, 5.41) is 2.98. The van der Waals surface area contributed by atoms with E-state index in [1.54, 1.807) is 12.1 Å². The monoisotopic (exact) mass is 368 g/mol. The van der Waals surface area contributed by atoms with Gasteiger partial charge in [-0.05, 0) is 60.6 Å². The molecule has 1 aliphatic carbocycles. The molecule has 1 aliphatic rings. The smallest absolute Gasteiger partial charge is 0.251 e. The maximum absolute atomic E-state index is 13.4. The number of nitrogens with zero attached hydrogens (tertiary/aromatic N) is 1. The highest BCUT2D eigenvalue weighted by atomic mass is 19.1. The van der Waals surface area contributed by atoms with Gasteiger partial charge in [0.15, 0.2) is 0 Å². The Bertz CT molecular complexity index is 770. The van der Waals surface area contributed by atoms with Gasteiger partial charge in [0.1, 0.15) is 5.82 Å². The van der Waals surface area contributed by atoms with Crippen molar-refractivity contribution in [2.45, 2.75) is 45.7 Å². The Labute approximate surface area is 161 Å². The Morgan fingerprint density at radius 1 is 1.15 bits per heavy atom. The summed E-state index contributed by atoms with van der Waals surface area (Å²) in [6.45, 7) is 6.58. The Morgan fingerprint density at radius 2 is 1.89 bits per heavy atom. The van der Waals surface area contributed by atoms with Crippen LogP contribution in [0.25, 0.3) is 0 Å². The van der Waals surface area contributed by atoms with Crippen LogP contribution in [0.5, 0.6) is 0 Å². The van der Waals surface area contributed by atoms with Crippen LogP contribution in [0.4, 0.5) is 4.39 Å². The molecule has 2 aromatic carbocycles. The van der Waals surface area contributed by atoms with E-state index in [0.29, 0.717) is 24.1 Å². The summed E-state index contributed by atoms with van der Waals surface area (Å²) in [5.41, 5.74) is 2.90. The lowest BCUT2D eigenvalue weighted by Crippen LogP contribution is -2.29. The van der Waals surface area contributed by atoms with Gasteiger partial charge in [0.2, 0.25) is 0 Å². The molecule has 0 aromatic heterocycles. The highest BCUT2D eigenvalue weighted by Gasteiger charge is 2.28. The lowest BCUT2D eigenvalue weighted by atomic mass is 10.1. The fourth-order valence-corrected chi connectivity index (χ4v) is 3.24. The zero-order chi connectivity index (χ0) is 19.2. The van der Waals surface area contributed by atoms with E-state index >= 15 is 0 Å². The SMILES string of the molecule is CC(C)CNC(=O)c1cccc(CN(CCc2cccc(F)c2)C2CC2)c1. The van der Waals surface area contributed by atoms with E-state index < -0.39 is 0 Å². The number of amides is 1. The molecule has 0 spiro atoms. The summed E-state index contributed by atoms with van der Waals surface area (Å²) >= 11 is 0. The molecule has 1 fully saturated rings. The van der Waals surface area contributed by atoms with E-state index in [4.69, 9.17) is 0 Å². The van der Waals surface area contributed by atoms with Crippen LogP contribution in [0, 0.1) is 11.7 Å². The first-order chi connectivity index (χ1) is 13.0. The first-order valence-corrected chi connectivity index (χ1v) is 9.87. The molecule has 27 heavy (non-hydrogen) atoms. The largest absolute Gasteiger partial charge is 0.352 e. The van der Waals surface area contributed by atoms with E-state index in [1.807, 2.05) is 24.3 Å². The second-order valence-corrected chi connectivity index (χ2v) is 7.89. The molecule has 0 unspecified atom stereocenters. The van der Waals surface area contributed by atoms with Crippen molar-refractivity contribution in [3.8, 4) is 0 Å². The quantitative estimate of drug-likeness (QED) is 0.711. The maximum atomic E-state index is 13.4. The lowest BCUT2D eigenvalue weighted by Gasteiger charge is -2.22. The topological polar surface area (TPSA) is 32.3 Å². The van der Waals surface area contributed by atoms with Crippen molar-refractivity contribution in [2.75, 3.05) is 13.1 Å². The van der Waals surface area contributed by atoms with Crippen molar-refractivity contribution in [1.82, 2.24) is 10.2 Å². The van der Waals surface area contributed by atoms with Crippen LogP contribution in [-0.2, 0) is 13.0 Å². The third-order valence-corrected chi connectivity index (χ3v) is 4.89. The minimum Gasteiger partial charge on any atom is -0.352 e. The summed E-state index contributed by atoms with van der Waals surface area (Å²) in [5.74, 6) is 0.249. The molecule has 3 nitrogen and oxygen atoms in total. The zero-order valence-corrected chi connectivity index (χ0v) is 16.2. The van der Waals surface area contributed by atoms with Crippen LogP contribution in [-0.4, -0.2) is 29.9 Å². The predicted molar refractivity (Wildman–Crippen MR) is 107 cm³/mol. The zero-order valence-electron chi connectivity index (χ0n) is 16.2. The molecule has 0 bridgehead atoms. The van der Waals surface area contributed by atoms with Gasteiger partial charge in [-0.2, -0.15) is 0 Å². The predicted octanol–water partition coefficient (Wildman–Crippen LogP) is 4.42. The number of nitrogens with one attached hydrogen (secondary N) is 1. The van der Waals surface area contributed by atoms with Crippen LogP contribution in [0.2, 0.25) is 0 Å². The van der Waals surface area contributed by atoms with Gasteiger partial charge in [-0.25, -0.2) is 4.39 Å². The van der Waals surface area contributed by atoms with Crippen LogP contribution in [0.1, 0.15) is 48.2 Å². The van der Waals surface area contributed by atoms with Crippen molar-refractivity contribution < 1.29 is 9.18 Å².